The van der Waals surface area contributed by atoms with Crippen LogP contribution in [0.5, 0.6) is 0 Å². The summed E-state index contributed by atoms with van der Waals surface area (Å²) in [7, 11) is -3.38. The van der Waals surface area contributed by atoms with E-state index in [2.05, 4.69) is 15.3 Å². The summed E-state index contributed by atoms with van der Waals surface area (Å²) < 4.78 is 27.8. The number of sulfone groups is 1. The molecule has 0 radical (unpaired) electrons. The summed E-state index contributed by atoms with van der Waals surface area (Å²) in [4.78, 5) is 4.57. The van der Waals surface area contributed by atoms with Gasteiger partial charge in [0.2, 0.25) is 0 Å². The summed E-state index contributed by atoms with van der Waals surface area (Å²) in [5.74, 6) is 0. The number of aryl methyl sites for hydroxylation is 1. The van der Waals surface area contributed by atoms with E-state index in [4.69, 9.17) is 23.2 Å². The Morgan fingerprint density at radius 1 is 0.914 bits per heavy atom. The van der Waals surface area contributed by atoms with Crippen LogP contribution in [0.3, 0.4) is 0 Å². The summed E-state index contributed by atoms with van der Waals surface area (Å²) in [6, 6.07) is 17.8. The molecule has 10 heteroatoms. The highest BCUT2D eigenvalue weighted by Crippen LogP contribution is 2.36. The fraction of sp³-hybridized carbons (Fsp3) is 0.0800. The lowest BCUT2D eigenvalue weighted by molar-refractivity contribution is 0.602. The number of aromatic nitrogens is 5. The first-order chi connectivity index (χ1) is 16.7. The molecule has 0 bridgehead atoms. The molecule has 176 valence electrons. The predicted octanol–water partition coefficient (Wildman–Crippen LogP) is 5.81. The molecule has 0 aliphatic carbocycles. The van der Waals surface area contributed by atoms with Gasteiger partial charge in [-0.05, 0) is 54.4 Å². The Morgan fingerprint density at radius 3 is 2.37 bits per heavy atom. The van der Waals surface area contributed by atoms with Crippen molar-refractivity contribution in [2.24, 2.45) is 0 Å². The zero-order valence-electron chi connectivity index (χ0n) is 18.7. The number of rotatable bonds is 5. The van der Waals surface area contributed by atoms with E-state index in [1.54, 1.807) is 53.6 Å². The molecule has 35 heavy (non-hydrogen) atoms. The standard InChI is InChI=1S/C25H19Cl2N5O2S/c1-16-14-31(15-28-16)25-22(27)11-19(18-4-3-5-21(10-18)35(2,33)34)12-23(25)32-24(13-29-30-32)17-6-8-20(26)9-7-17/h3-15H,1-2H3. The maximum atomic E-state index is 12.1. The molecule has 0 N–H and O–H groups in total. The van der Waals surface area contributed by atoms with Crippen molar-refractivity contribution in [3.05, 3.63) is 95.1 Å². The monoisotopic (exact) mass is 523 g/mol. The molecule has 2 aromatic heterocycles. The van der Waals surface area contributed by atoms with Gasteiger partial charge in [-0.25, -0.2) is 18.1 Å². The van der Waals surface area contributed by atoms with Crippen LogP contribution in [-0.2, 0) is 9.84 Å². The summed E-state index contributed by atoms with van der Waals surface area (Å²) in [5, 5.41) is 9.57. The second-order valence-electron chi connectivity index (χ2n) is 8.09. The van der Waals surface area contributed by atoms with E-state index >= 15 is 0 Å². The molecule has 0 amide bonds. The Kier molecular flexibility index (Phi) is 5.96. The molecular formula is C25H19Cl2N5O2S. The van der Waals surface area contributed by atoms with Crippen molar-refractivity contribution in [3.8, 4) is 33.8 Å². The van der Waals surface area contributed by atoms with Gasteiger partial charge in [-0.15, -0.1) is 5.10 Å². The lowest BCUT2D eigenvalue weighted by atomic mass is 10.0. The van der Waals surface area contributed by atoms with Crippen LogP contribution >= 0.6 is 23.2 Å². The molecule has 0 aliphatic heterocycles. The van der Waals surface area contributed by atoms with Gasteiger partial charge in [-0.1, -0.05) is 52.7 Å². The highest BCUT2D eigenvalue weighted by atomic mass is 35.5. The Morgan fingerprint density at radius 2 is 1.69 bits per heavy atom. The zero-order valence-corrected chi connectivity index (χ0v) is 21.1. The van der Waals surface area contributed by atoms with Crippen LogP contribution in [-0.4, -0.2) is 39.2 Å². The SMILES string of the molecule is Cc1cn(-c2c(Cl)cc(-c3cccc(S(C)(=O)=O)c3)cc2-n2nncc2-c2ccc(Cl)cc2)cn1. The molecule has 0 atom stereocenters. The minimum Gasteiger partial charge on any atom is -0.303 e. The minimum atomic E-state index is -3.38. The van der Waals surface area contributed by atoms with Crippen molar-refractivity contribution >= 4 is 33.0 Å². The number of halogens is 2. The van der Waals surface area contributed by atoms with Crippen LogP contribution < -0.4 is 0 Å². The summed E-state index contributed by atoms with van der Waals surface area (Å²) in [6.45, 7) is 1.89. The van der Waals surface area contributed by atoms with E-state index in [-0.39, 0.29) is 4.90 Å². The molecule has 0 unspecified atom stereocenters. The number of benzene rings is 3. The molecule has 0 fully saturated rings. The zero-order chi connectivity index (χ0) is 24.7. The normalized spacial score (nSPS) is 11.7. The summed E-state index contributed by atoms with van der Waals surface area (Å²) in [5.41, 5.74) is 5.18. The number of hydrogen-bond acceptors (Lipinski definition) is 5. The van der Waals surface area contributed by atoms with Crippen molar-refractivity contribution in [3.63, 3.8) is 0 Å². The van der Waals surface area contributed by atoms with Gasteiger partial charge in [0, 0.05) is 23.0 Å². The van der Waals surface area contributed by atoms with Crippen LogP contribution in [0.2, 0.25) is 10.0 Å². The van der Waals surface area contributed by atoms with Crippen molar-refractivity contribution in [2.75, 3.05) is 6.26 Å². The van der Waals surface area contributed by atoms with Gasteiger partial charge >= 0.3 is 0 Å². The Labute approximate surface area is 212 Å². The molecule has 3 aromatic carbocycles. The molecule has 5 aromatic rings. The second-order valence-corrected chi connectivity index (χ2v) is 10.9. The van der Waals surface area contributed by atoms with Gasteiger partial charge in [0.25, 0.3) is 0 Å². The maximum absolute atomic E-state index is 12.1. The third-order valence-electron chi connectivity index (χ3n) is 5.53. The number of hydrogen-bond donors (Lipinski definition) is 0. The van der Waals surface area contributed by atoms with Gasteiger partial charge in [0.1, 0.15) is 0 Å². The number of imidazole rings is 1. The van der Waals surface area contributed by atoms with Crippen molar-refractivity contribution < 1.29 is 8.42 Å². The quantitative estimate of drug-likeness (QED) is 0.290. The molecule has 7 nitrogen and oxygen atoms in total. The van der Waals surface area contributed by atoms with Crippen LogP contribution in [0, 0.1) is 6.92 Å². The van der Waals surface area contributed by atoms with E-state index in [0.717, 1.165) is 22.5 Å². The molecule has 0 aliphatic rings. The third kappa shape index (κ3) is 4.60. The first kappa shape index (κ1) is 23.3. The Hall–Kier alpha value is -3.46. The summed E-state index contributed by atoms with van der Waals surface area (Å²) >= 11 is 12.9. The van der Waals surface area contributed by atoms with Crippen molar-refractivity contribution in [2.45, 2.75) is 11.8 Å². The average molecular weight is 524 g/mol. The molecule has 0 saturated heterocycles. The van der Waals surface area contributed by atoms with Crippen LogP contribution in [0.1, 0.15) is 5.69 Å². The molecule has 0 spiro atoms. The van der Waals surface area contributed by atoms with Crippen LogP contribution in [0.25, 0.3) is 33.8 Å². The van der Waals surface area contributed by atoms with Gasteiger partial charge < -0.3 is 4.57 Å². The topological polar surface area (TPSA) is 82.7 Å². The molecule has 2 heterocycles. The fourth-order valence-corrected chi connectivity index (χ4v) is 4.95. The highest BCUT2D eigenvalue weighted by molar-refractivity contribution is 7.90. The van der Waals surface area contributed by atoms with Gasteiger partial charge in [-0.3, -0.25) is 0 Å². The van der Waals surface area contributed by atoms with E-state index in [9.17, 15) is 8.42 Å². The number of nitrogens with zero attached hydrogens (tertiary/aromatic N) is 5. The van der Waals surface area contributed by atoms with Crippen molar-refractivity contribution in [1.82, 2.24) is 24.5 Å². The van der Waals surface area contributed by atoms with Crippen LogP contribution in [0.4, 0.5) is 0 Å². The lowest BCUT2D eigenvalue weighted by Crippen LogP contribution is -2.07. The fourth-order valence-electron chi connectivity index (χ4n) is 3.85. The average Bonchev–Trinajstić information content (AvgIpc) is 3.48. The Balaban J connectivity index is 1.76. The predicted molar refractivity (Wildman–Crippen MR) is 137 cm³/mol. The minimum absolute atomic E-state index is 0.226. The highest BCUT2D eigenvalue weighted by Gasteiger charge is 2.19. The summed E-state index contributed by atoms with van der Waals surface area (Å²) in [6.07, 6.45) is 6.40. The smallest absolute Gasteiger partial charge is 0.175 e. The van der Waals surface area contributed by atoms with E-state index < -0.39 is 9.84 Å². The van der Waals surface area contributed by atoms with Gasteiger partial charge in [0.05, 0.1) is 45.2 Å². The molecule has 0 saturated carbocycles. The third-order valence-corrected chi connectivity index (χ3v) is 7.18. The molecule has 5 rings (SSSR count). The van der Waals surface area contributed by atoms with Gasteiger partial charge in [-0.2, -0.15) is 0 Å². The van der Waals surface area contributed by atoms with E-state index in [1.807, 2.05) is 42.0 Å². The van der Waals surface area contributed by atoms with E-state index in [1.165, 1.54) is 6.26 Å². The second kappa shape index (κ2) is 8.96. The van der Waals surface area contributed by atoms with Crippen LogP contribution in [0.15, 0.2) is 84.3 Å². The maximum Gasteiger partial charge on any atom is 0.175 e. The van der Waals surface area contributed by atoms with Crippen molar-refractivity contribution in [1.29, 1.82) is 0 Å². The molecular weight excluding hydrogens is 505 g/mol. The van der Waals surface area contributed by atoms with E-state index in [0.29, 0.717) is 27.0 Å². The largest absolute Gasteiger partial charge is 0.303 e. The first-order valence-corrected chi connectivity index (χ1v) is 13.2. The Bertz CT molecular complexity index is 1660. The first-order valence-electron chi connectivity index (χ1n) is 10.5. The lowest BCUT2D eigenvalue weighted by Gasteiger charge is -2.17. The van der Waals surface area contributed by atoms with Gasteiger partial charge in [0.15, 0.2) is 9.84 Å².